The van der Waals surface area contributed by atoms with E-state index in [1.54, 1.807) is 48.5 Å². The number of rotatable bonds is 6. The van der Waals surface area contributed by atoms with Crippen LogP contribution in [-0.4, -0.2) is 25.7 Å². The fourth-order valence-electron chi connectivity index (χ4n) is 2.84. The third-order valence-electron chi connectivity index (χ3n) is 4.38. The molecule has 0 atom stereocenters. The van der Waals surface area contributed by atoms with E-state index >= 15 is 0 Å². The number of benzene rings is 3. The van der Waals surface area contributed by atoms with Gasteiger partial charge in [-0.3, -0.25) is 19.7 Å². The number of ketones is 1. The number of non-ortho nitro benzene ring substituents is 1. The number of aromatic nitrogens is 3. The summed E-state index contributed by atoms with van der Waals surface area (Å²) in [5.74, 6) is 0.587. The molecule has 0 unspecified atom stereocenters. The lowest BCUT2D eigenvalue weighted by Gasteiger charge is -2.07. The van der Waals surface area contributed by atoms with Gasteiger partial charge in [-0.25, -0.2) is 4.68 Å². The van der Waals surface area contributed by atoms with Crippen molar-refractivity contribution in [2.45, 2.75) is 6.54 Å². The molecule has 1 aromatic heterocycles. The van der Waals surface area contributed by atoms with Crippen molar-refractivity contribution in [3.05, 3.63) is 98.8 Å². The van der Waals surface area contributed by atoms with Gasteiger partial charge in [0, 0.05) is 17.7 Å². The second-order valence-electron chi connectivity index (χ2n) is 6.37. The summed E-state index contributed by atoms with van der Waals surface area (Å²) in [6.45, 7) is -0.237. The van der Waals surface area contributed by atoms with Crippen molar-refractivity contribution in [1.82, 2.24) is 15.0 Å². The highest BCUT2D eigenvalue weighted by Gasteiger charge is 2.12. The first-order valence-corrected chi connectivity index (χ1v) is 8.89. The van der Waals surface area contributed by atoms with E-state index < -0.39 is 4.92 Å². The summed E-state index contributed by atoms with van der Waals surface area (Å²) in [4.78, 5) is 35.2. The molecule has 9 heteroatoms. The summed E-state index contributed by atoms with van der Waals surface area (Å²) < 4.78 is 6.66. The smallest absolute Gasteiger partial charge is 0.278 e. The molecule has 0 aliphatic rings. The number of ether oxygens (including phenoxy) is 1. The minimum absolute atomic E-state index is 0.0321. The Morgan fingerprint density at radius 2 is 1.60 bits per heavy atom. The van der Waals surface area contributed by atoms with E-state index in [9.17, 15) is 19.7 Å². The fourth-order valence-corrected chi connectivity index (χ4v) is 2.84. The Kier molecular flexibility index (Phi) is 5.00. The molecule has 1 heterocycles. The highest BCUT2D eigenvalue weighted by molar-refractivity contribution is 5.96. The first-order valence-electron chi connectivity index (χ1n) is 8.89. The van der Waals surface area contributed by atoms with Crippen LogP contribution < -0.4 is 10.3 Å². The van der Waals surface area contributed by atoms with Crippen molar-refractivity contribution >= 4 is 22.4 Å². The minimum atomic E-state index is -0.491. The van der Waals surface area contributed by atoms with Crippen molar-refractivity contribution in [3.8, 4) is 11.5 Å². The first kappa shape index (κ1) is 18.9. The predicted octanol–water partition coefficient (Wildman–Crippen LogP) is 3.37. The molecule has 4 rings (SSSR count). The molecule has 30 heavy (non-hydrogen) atoms. The Morgan fingerprint density at radius 1 is 0.967 bits per heavy atom. The Morgan fingerprint density at radius 3 is 2.27 bits per heavy atom. The van der Waals surface area contributed by atoms with Crippen LogP contribution in [0.5, 0.6) is 11.5 Å². The van der Waals surface area contributed by atoms with Crippen molar-refractivity contribution in [1.29, 1.82) is 0 Å². The van der Waals surface area contributed by atoms with E-state index in [4.69, 9.17) is 4.74 Å². The van der Waals surface area contributed by atoms with Crippen molar-refractivity contribution in [2.24, 2.45) is 0 Å². The summed E-state index contributed by atoms with van der Waals surface area (Å²) in [7, 11) is 0. The predicted molar refractivity (Wildman–Crippen MR) is 108 cm³/mol. The van der Waals surface area contributed by atoms with Crippen LogP contribution in [0.1, 0.15) is 10.4 Å². The number of nitrogens with zero attached hydrogens (tertiary/aromatic N) is 4. The zero-order chi connectivity index (χ0) is 21.1. The van der Waals surface area contributed by atoms with Crippen LogP contribution in [0, 0.1) is 10.1 Å². The molecule has 3 aromatic carbocycles. The molecule has 148 valence electrons. The second kappa shape index (κ2) is 7.92. The molecule has 0 saturated carbocycles. The molecule has 0 aliphatic heterocycles. The Hall–Kier alpha value is -4.40. The molecule has 0 radical (unpaired) electrons. The van der Waals surface area contributed by atoms with Gasteiger partial charge in [0.1, 0.15) is 23.6 Å². The molecule has 0 fully saturated rings. The fraction of sp³-hybridized carbons (Fsp3) is 0.0476. The van der Waals surface area contributed by atoms with Gasteiger partial charge in [-0.15, -0.1) is 5.10 Å². The van der Waals surface area contributed by atoms with Gasteiger partial charge in [0.2, 0.25) is 0 Å². The molecule has 0 saturated heterocycles. The van der Waals surface area contributed by atoms with Gasteiger partial charge in [0.05, 0.1) is 10.3 Å². The average Bonchev–Trinajstić information content (AvgIpc) is 2.77. The van der Waals surface area contributed by atoms with E-state index in [0.717, 1.165) is 4.68 Å². The maximum absolute atomic E-state index is 12.5. The molecule has 0 bridgehead atoms. The highest BCUT2D eigenvalue weighted by Crippen LogP contribution is 2.24. The van der Waals surface area contributed by atoms with Gasteiger partial charge in [-0.2, -0.15) is 0 Å². The van der Waals surface area contributed by atoms with Gasteiger partial charge in [-0.05, 0) is 48.5 Å². The molecule has 0 spiro atoms. The van der Waals surface area contributed by atoms with Crippen molar-refractivity contribution in [2.75, 3.05) is 0 Å². The standard InChI is InChI=1S/C21H14N4O5/c26-20(13-24-21(27)18-3-1-2-4-19(18)22-23-24)14-5-9-16(10-6-14)30-17-11-7-15(8-12-17)25(28)29/h1-12H,13H2. The van der Waals surface area contributed by atoms with Crippen LogP contribution in [0.4, 0.5) is 5.69 Å². The number of hydrogen-bond acceptors (Lipinski definition) is 7. The molecule has 4 aromatic rings. The Bertz CT molecular complexity index is 1300. The zero-order valence-corrected chi connectivity index (χ0v) is 15.5. The van der Waals surface area contributed by atoms with E-state index in [1.165, 1.54) is 24.3 Å². The SMILES string of the molecule is O=C(Cn1nnc2ccccc2c1=O)c1ccc(Oc2ccc([N+](=O)[O-])cc2)cc1. The van der Waals surface area contributed by atoms with Gasteiger partial charge in [0.25, 0.3) is 11.2 Å². The third kappa shape index (κ3) is 3.90. The number of carbonyl (C=O) groups is 1. The molecular formula is C21H14N4O5. The quantitative estimate of drug-likeness (QED) is 0.276. The van der Waals surface area contributed by atoms with Gasteiger partial charge < -0.3 is 4.74 Å². The molecule has 0 N–H and O–H groups in total. The number of fused-ring (bicyclic) bond motifs is 1. The van der Waals surface area contributed by atoms with E-state index in [1.807, 2.05) is 0 Å². The lowest BCUT2D eigenvalue weighted by Crippen LogP contribution is -2.27. The Labute approximate surface area is 169 Å². The zero-order valence-electron chi connectivity index (χ0n) is 15.5. The van der Waals surface area contributed by atoms with Crippen LogP contribution in [0.15, 0.2) is 77.6 Å². The number of hydrogen-bond donors (Lipinski definition) is 0. The number of Topliss-reactive ketones (excluding diaryl/α,β-unsaturated/α-hetero) is 1. The number of carbonyl (C=O) groups excluding carboxylic acids is 1. The first-order chi connectivity index (χ1) is 14.5. The third-order valence-corrected chi connectivity index (χ3v) is 4.38. The summed E-state index contributed by atoms with van der Waals surface area (Å²) in [6.07, 6.45) is 0. The minimum Gasteiger partial charge on any atom is -0.457 e. The van der Waals surface area contributed by atoms with Gasteiger partial charge >= 0.3 is 0 Å². The van der Waals surface area contributed by atoms with Gasteiger partial charge in [0.15, 0.2) is 5.78 Å². The lowest BCUT2D eigenvalue weighted by molar-refractivity contribution is -0.384. The Balaban J connectivity index is 1.47. The van der Waals surface area contributed by atoms with Crippen LogP contribution in [0.2, 0.25) is 0 Å². The van der Waals surface area contributed by atoms with E-state index in [0.29, 0.717) is 28.0 Å². The van der Waals surface area contributed by atoms with Crippen LogP contribution in [0.3, 0.4) is 0 Å². The number of nitro groups is 1. The summed E-state index contributed by atoms with van der Waals surface area (Å²) in [6, 6.07) is 18.8. The maximum atomic E-state index is 12.5. The normalized spacial score (nSPS) is 10.7. The topological polar surface area (TPSA) is 117 Å². The summed E-state index contributed by atoms with van der Waals surface area (Å²) in [5.41, 5.74) is 0.439. The van der Waals surface area contributed by atoms with Crippen LogP contribution >= 0.6 is 0 Å². The van der Waals surface area contributed by atoms with Gasteiger partial charge in [-0.1, -0.05) is 17.3 Å². The highest BCUT2D eigenvalue weighted by atomic mass is 16.6. The molecule has 9 nitrogen and oxygen atoms in total. The van der Waals surface area contributed by atoms with Crippen LogP contribution in [0.25, 0.3) is 10.9 Å². The van der Waals surface area contributed by atoms with E-state index in [-0.39, 0.29) is 23.6 Å². The summed E-state index contributed by atoms with van der Waals surface area (Å²) >= 11 is 0. The summed E-state index contributed by atoms with van der Waals surface area (Å²) in [5, 5.41) is 18.9. The molecule has 0 amide bonds. The van der Waals surface area contributed by atoms with E-state index in [2.05, 4.69) is 10.3 Å². The second-order valence-corrected chi connectivity index (χ2v) is 6.37. The maximum Gasteiger partial charge on any atom is 0.278 e. The lowest BCUT2D eigenvalue weighted by atomic mass is 10.1. The molecule has 0 aliphatic carbocycles. The van der Waals surface area contributed by atoms with Crippen LogP contribution in [-0.2, 0) is 6.54 Å². The largest absolute Gasteiger partial charge is 0.457 e. The van der Waals surface area contributed by atoms with Crippen molar-refractivity contribution < 1.29 is 14.5 Å². The average molecular weight is 402 g/mol. The monoisotopic (exact) mass is 402 g/mol. The van der Waals surface area contributed by atoms with Crippen molar-refractivity contribution in [3.63, 3.8) is 0 Å². The molecular weight excluding hydrogens is 388 g/mol. The number of nitro benzene ring substituents is 1.